The normalized spacial score (nSPS) is 11.7. The van der Waals surface area contributed by atoms with Gasteiger partial charge in [0.15, 0.2) is 0 Å². The van der Waals surface area contributed by atoms with E-state index in [-0.39, 0.29) is 11.6 Å². The van der Waals surface area contributed by atoms with E-state index in [4.69, 9.17) is 0 Å². The van der Waals surface area contributed by atoms with Gasteiger partial charge in [-0.25, -0.2) is 4.98 Å². The van der Waals surface area contributed by atoms with E-state index in [1.54, 1.807) is 29.7 Å². The maximum Gasteiger partial charge on any atom is 0.416 e. The van der Waals surface area contributed by atoms with Gasteiger partial charge in [-0.2, -0.15) is 13.2 Å². The molecule has 0 N–H and O–H groups in total. The zero-order chi connectivity index (χ0) is 26.3. The molecule has 37 heavy (non-hydrogen) atoms. The number of pyridine rings is 1. The van der Waals surface area contributed by atoms with Crippen LogP contribution in [0.2, 0.25) is 0 Å². The summed E-state index contributed by atoms with van der Waals surface area (Å²) in [4.78, 5) is 26.9. The lowest BCUT2D eigenvalue weighted by molar-refractivity contribution is -0.137. The zero-order valence-corrected chi connectivity index (χ0v) is 21.0. The molecule has 194 valence electrons. The summed E-state index contributed by atoms with van der Waals surface area (Å²) in [5.41, 5.74) is 0.652. The predicted molar refractivity (Wildman–Crippen MR) is 134 cm³/mol. The standard InChI is InChI=1S/C25H26F3N7OS/c1-34(24(36)22-15-29-10-11-31-22)16-19-17-35(33-32-19)12-4-2-3-5-13-37-23-8-9-30-21-14-18(25(26,27)28)6-7-20(21)23/h6-11,14-15,17H,2-5,12-13,16H2,1H3. The minimum absolute atomic E-state index is 0.230. The fourth-order valence-electron chi connectivity index (χ4n) is 3.78. The quantitative estimate of drug-likeness (QED) is 0.193. The Labute approximate surface area is 216 Å². The second-order valence-electron chi connectivity index (χ2n) is 8.53. The maximum absolute atomic E-state index is 13.0. The molecule has 4 rings (SSSR count). The van der Waals surface area contributed by atoms with E-state index in [0.29, 0.717) is 17.8 Å². The van der Waals surface area contributed by atoms with E-state index in [2.05, 4.69) is 25.3 Å². The molecule has 0 saturated heterocycles. The number of unbranched alkanes of at least 4 members (excludes halogenated alkanes) is 3. The summed E-state index contributed by atoms with van der Waals surface area (Å²) in [7, 11) is 1.68. The second kappa shape index (κ2) is 12.1. The highest BCUT2D eigenvalue weighted by Gasteiger charge is 2.30. The highest BCUT2D eigenvalue weighted by atomic mass is 32.2. The van der Waals surface area contributed by atoms with Crippen molar-refractivity contribution in [3.63, 3.8) is 0 Å². The van der Waals surface area contributed by atoms with Crippen molar-refractivity contribution in [3.8, 4) is 0 Å². The summed E-state index contributed by atoms with van der Waals surface area (Å²) in [6.45, 7) is 1.06. The van der Waals surface area contributed by atoms with E-state index in [0.717, 1.165) is 60.4 Å². The van der Waals surface area contributed by atoms with Crippen molar-refractivity contribution < 1.29 is 18.0 Å². The molecule has 3 heterocycles. The number of rotatable bonds is 11. The molecular formula is C25H26F3N7OS. The molecular weight excluding hydrogens is 503 g/mol. The first-order chi connectivity index (χ1) is 17.8. The molecule has 1 aromatic carbocycles. The summed E-state index contributed by atoms with van der Waals surface area (Å²) in [5, 5.41) is 9.04. The first-order valence-electron chi connectivity index (χ1n) is 11.8. The number of alkyl halides is 3. The Balaban J connectivity index is 1.16. The van der Waals surface area contributed by atoms with Crippen molar-refractivity contribution in [1.82, 2.24) is 34.8 Å². The number of aryl methyl sites for hydroxylation is 1. The largest absolute Gasteiger partial charge is 0.416 e. The van der Waals surface area contributed by atoms with Gasteiger partial charge in [-0.3, -0.25) is 19.4 Å². The molecule has 8 nitrogen and oxygen atoms in total. The number of carbonyl (C=O) groups excluding carboxylic acids is 1. The molecule has 0 aliphatic rings. The monoisotopic (exact) mass is 529 g/mol. The van der Waals surface area contributed by atoms with Gasteiger partial charge >= 0.3 is 6.18 Å². The van der Waals surface area contributed by atoms with Crippen molar-refractivity contribution in [3.05, 3.63) is 72.2 Å². The van der Waals surface area contributed by atoms with Crippen LogP contribution >= 0.6 is 11.8 Å². The van der Waals surface area contributed by atoms with Crippen LogP contribution in [-0.2, 0) is 19.3 Å². The summed E-state index contributed by atoms with van der Waals surface area (Å²) in [6, 6.07) is 5.56. The molecule has 0 aliphatic heterocycles. The smallest absolute Gasteiger partial charge is 0.334 e. The van der Waals surface area contributed by atoms with Crippen LogP contribution in [0, 0.1) is 0 Å². The molecule has 0 aliphatic carbocycles. The molecule has 0 fully saturated rings. The van der Waals surface area contributed by atoms with Crippen LogP contribution in [0.3, 0.4) is 0 Å². The molecule has 0 radical (unpaired) electrons. The summed E-state index contributed by atoms with van der Waals surface area (Å²) < 4.78 is 40.6. The molecule has 0 atom stereocenters. The van der Waals surface area contributed by atoms with Gasteiger partial charge in [0.1, 0.15) is 11.4 Å². The molecule has 12 heteroatoms. The first-order valence-corrected chi connectivity index (χ1v) is 12.8. The zero-order valence-electron chi connectivity index (χ0n) is 20.2. The molecule has 0 unspecified atom stereocenters. The third-order valence-electron chi connectivity index (χ3n) is 5.68. The van der Waals surface area contributed by atoms with E-state index >= 15 is 0 Å². The Morgan fingerprint density at radius 2 is 1.89 bits per heavy atom. The average molecular weight is 530 g/mol. The molecule has 0 spiro atoms. The maximum atomic E-state index is 13.0. The van der Waals surface area contributed by atoms with Gasteiger partial charge in [0.05, 0.1) is 30.0 Å². The molecule has 4 aromatic rings. The lowest BCUT2D eigenvalue weighted by Crippen LogP contribution is -2.27. The van der Waals surface area contributed by atoms with Crippen LogP contribution in [0.15, 0.2) is 60.1 Å². The van der Waals surface area contributed by atoms with Crippen molar-refractivity contribution in [2.24, 2.45) is 0 Å². The molecule has 0 bridgehead atoms. The number of thioether (sulfide) groups is 1. The van der Waals surface area contributed by atoms with E-state index < -0.39 is 11.7 Å². The summed E-state index contributed by atoms with van der Waals surface area (Å²) >= 11 is 1.64. The average Bonchev–Trinajstić information content (AvgIpc) is 3.34. The van der Waals surface area contributed by atoms with Gasteiger partial charge in [0.2, 0.25) is 0 Å². The van der Waals surface area contributed by atoms with Gasteiger partial charge < -0.3 is 4.90 Å². The number of benzene rings is 1. The number of nitrogens with zero attached hydrogens (tertiary/aromatic N) is 7. The van der Waals surface area contributed by atoms with Gasteiger partial charge in [-0.15, -0.1) is 16.9 Å². The summed E-state index contributed by atoms with van der Waals surface area (Å²) in [5.74, 6) is 0.645. The SMILES string of the molecule is CN(Cc1cn(CCCCCCSc2ccnc3cc(C(F)(F)F)ccc23)nn1)C(=O)c1cnccn1. The van der Waals surface area contributed by atoms with Crippen molar-refractivity contribution >= 4 is 28.6 Å². The van der Waals surface area contributed by atoms with E-state index in [1.807, 2.05) is 12.3 Å². The predicted octanol–water partition coefficient (Wildman–Crippen LogP) is 5.26. The number of carbonyl (C=O) groups is 1. The van der Waals surface area contributed by atoms with Crippen LogP contribution < -0.4 is 0 Å². The molecule has 0 saturated carbocycles. The fraction of sp³-hybridized carbons (Fsp3) is 0.360. The number of fused-ring (bicyclic) bond motifs is 1. The Morgan fingerprint density at radius 3 is 2.68 bits per heavy atom. The third kappa shape index (κ3) is 7.25. The van der Waals surface area contributed by atoms with Gasteiger partial charge in [0, 0.05) is 42.5 Å². The van der Waals surface area contributed by atoms with Crippen molar-refractivity contribution in [2.45, 2.75) is 49.8 Å². The van der Waals surface area contributed by atoms with E-state index in [9.17, 15) is 18.0 Å². The highest BCUT2D eigenvalue weighted by Crippen LogP contribution is 2.34. The summed E-state index contributed by atoms with van der Waals surface area (Å²) in [6.07, 6.45) is 7.44. The minimum Gasteiger partial charge on any atom is -0.334 e. The minimum atomic E-state index is -4.37. The van der Waals surface area contributed by atoms with Gasteiger partial charge in [-0.05, 0) is 36.8 Å². The van der Waals surface area contributed by atoms with E-state index in [1.165, 1.54) is 29.6 Å². The highest BCUT2D eigenvalue weighted by molar-refractivity contribution is 7.99. The van der Waals surface area contributed by atoms with Crippen LogP contribution in [-0.4, -0.2) is 53.6 Å². The fourth-order valence-corrected chi connectivity index (χ4v) is 4.83. The Bertz CT molecular complexity index is 1330. The topological polar surface area (TPSA) is 89.7 Å². The van der Waals surface area contributed by atoms with Gasteiger partial charge in [0.25, 0.3) is 5.91 Å². The number of hydrogen-bond donors (Lipinski definition) is 0. The van der Waals surface area contributed by atoms with Crippen LogP contribution in [0.5, 0.6) is 0 Å². The third-order valence-corrected chi connectivity index (χ3v) is 6.84. The second-order valence-corrected chi connectivity index (χ2v) is 9.66. The number of aromatic nitrogens is 6. The molecule has 3 aromatic heterocycles. The Kier molecular flexibility index (Phi) is 8.70. The first kappa shape index (κ1) is 26.5. The Hall–Kier alpha value is -3.54. The number of halogens is 3. The molecule has 1 amide bonds. The Morgan fingerprint density at radius 1 is 1.05 bits per heavy atom. The van der Waals surface area contributed by atoms with Crippen LogP contribution in [0.1, 0.15) is 47.4 Å². The van der Waals surface area contributed by atoms with Gasteiger partial charge in [-0.1, -0.05) is 24.1 Å². The number of amides is 1. The lowest BCUT2D eigenvalue weighted by atomic mass is 10.1. The van der Waals surface area contributed by atoms with Crippen molar-refractivity contribution in [2.75, 3.05) is 12.8 Å². The number of hydrogen-bond acceptors (Lipinski definition) is 7. The lowest BCUT2D eigenvalue weighted by Gasteiger charge is -2.14. The van der Waals surface area contributed by atoms with Crippen LogP contribution in [0.4, 0.5) is 13.2 Å². The van der Waals surface area contributed by atoms with Crippen molar-refractivity contribution in [1.29, 1.82) is 0 Å². The van der Waals surface area contributed by atoms with Crippen LogP contribution in [0.25, 0.3) is 10.9 Å².